The van der Waals surface area contributed by atoms with Crippen LogP contribution in [0.4, 0.5) is 0 Å². The average molecular weight is 214 g/mol. The maximum absolute atomic E-state index is 12.0. The number of rotatable bonds is 2. The Balaban J connectivity index is 2.64. The van der Waals surface area contributed by atoms with Gasteiger partial charge in [-0.3, -0.25) is 4.79 Å². The second-order valence-electron chi connectivity index (χ2n) is 4.75. The lowest BCUT2D eigenvalue weighted by atomic mass is 10.0. The van der Waals surface area contributed by atoms with E-state index in [4.69, 9.17) is 10.5 Å². The molecule has 88 valence electrons. The molecule has 1 fully saturated rings. The van der Waals surface area contributed by atoms with Crippen molar-refractivity contribution in [1.29, 1.82) is 0 Å². The molecular formula is C11H22N2O2. The molecule has 1 aliphatic rings. The van der Waals surface area contributed by atoms with Crippen LogP contribution in [0.5, 0.6) is 0 Å². The second-order valence-corrected chi connectivity index (χ2v) is 4.75. The summed E-state index contributed by atoms with van der Waals surface area (Å²) in [5.41, 5.74) is 5.87. The lowest BCUT2D eigenvalue weighted by Crippen LogP contribution is -2.56. The molecular weight excluding hydrogens is 192 g/mol. The zero-order valence-electron chi connectivity index (χ0n) is 10.1. The SMILES string of the molecule is CC1CN(C(=O)[C@@H](N)C(C)C)C(C)CO1. The molecule has 2 N–H and O–H groups in total. The van der Waals surface area contributed by atoms with Crippen molar-refractivity contribution in [2.24, 2.45) is 11.7 Å². The van der Waals surface area contributed by atoms with Gasteiger partial charge in [-0.2, -0.15) is 0 Å². The quantitative estimate of drug-likeness (QED) is 0.732. The van der Waals surface area contributed by atoms with Gasteiger partial charge in [-0.25, -0.2) is 0 Å². The Kier molecular flexibility index (Phi) is 4.11. The first kappa shape index (κ1) is 12.5. The highest BCUT2D eigenvalue weighted by molar-refractivity contribution is 5.82. The van der Waals surface area contributed by atoms with Gasteiger partial charge in [0.15, 0.2) is 0 Å². The van der Waals surface area contributed by atoms with Gasteiger partial charge in [0.1, 0.15) is 0 Å². The zero-order valence-corrected chi connectivity index (χ0v) is 10.1. The Morgan fingerprint density at radius 1 is 1.47 bits per heavy atom. The minimum atomic E-state index is -0.391. The van der Waals surface area contributed by atoms with Crippen LogP contribution in [0.25, 0.3) is 0 Å². The summed E-state index contributed by atoms with van der Waals surface area (Å²) in [6.07, 6.45) is 0.115. The molecule has 1 amide bonds. The number of hydrogen-bond acceptors (Lipinski definition) is 3. The summed E-state index contributed by atoms with van der Waals surface area (Å²) in [5.74, 6) is 0.232. The van der Waals surface area contributed by atoms with Crippen LogP contribution < -0.4 is 5.73 Å². The van der Waals surface area contributed by atoms with Crippen LogP contribution in [0.1, 0.15) is 27.7 Å². The van der Waals surface area contributed by atoms with Gasteiger partial charge >= 0.3 is 0 Å². The molecule has 1 rings (SSSR count). The minimum Gasteiger partial charge on any atom is -0.375 e. The number of carbonyl (C=O) groups is 1. The van der Waals surface area contributed by atoms with Crippen LogP contribution in [-0.4, -0.2) is 42.1 Å². The molecule has 0 aromatic heterocycles. The third-order valence-corrected chi connectivity index (χ3v) is 2.89. The van der Waals surface area contributed by atoms with Gasteiger partial charge < -0.3 is 15.4 Å². The third kappa shape index (κ3) is 2.92. The van der Waals surface area contributed by atoms with E-state index in [1.54, 1.807) is 0 Å². The van der Waals surface area contributed by atoms with E-state index in [1.165, 1.54) is 0 Å². The molecule has 4 heteroatoms. The Hall–Kier alpha value is -0.610. The first-order valence-electron chi connectivity index (χ1n) is 5.61. The van der Waals surface area contributed by atoms with Gasteiger partial charge in [-0.15, -0.1) is 0 Å². The van der Waals surface area contributed by atoms with Crippen LogP contribution >= 0.6 is 0 Å². The minimum absolute atomic E-state index is 0.0488. The highest BCUT2D eigenvalue weighted by Crippen LogP contribution is 2.14. The Morgan fingerprint density at radius 2 is 2.07 bits per heavy atom. The molecule has 4 nitrogen and oxygen atoms in total. The van der Waals surface area contributed by atoms with Crippen molar-refractivity contribution in [3.63, 3.8) is 0 Å². The van der Waals surface area contributed by atoms with E-state index in [2.05, 4.69) is 0 Å². The fourth-order valence-electron chi connectivity index (χ4n) is 1.69. The standard InChI is InChI=1S/C11H22N2O2/c1-7(2)10(12)11(14)13-5-9(4)15-6-8(13)3/h7-10H,5-6,12H2,1-4H3/t8?,9?,10-/m0/s1. The number of morpholine rings is 1. The summed E-state index contributed by atoms with van der Waals surface area (Å²) >= 11 is 0. The third-order valence-electron chi connectivity index (χ3n) is 2.89. The molecule has 0 bridgehead atoms. The van der Waals surface area contributed by atoms with E-state index >= 15 is 0 Å². The number of hydrogen-bond donors (Lipinski definition) is 1. The lowest BCUT2D eigenvalue weighted by Gasteiger charge is -2.38. The van der Waals surface area contributed by atoms with Crippen LogP contribution in [0, 0.1) is 5.92 Å². The van der Waals surface area contributed by atoms with E-state index in [9.17, 15) is 4.79 Å². The zero-order chi connectivity index (χ0) is 11.6. The van der Waals surface area contributed by atoms with Crippen LogP contribution in [-0.2, 0) is 9.53 Å². The fourth-order valence-corrected chi connectivity index (χ4v) is 1.69. The van der Waals surface area contributed by atoms with E-state index in [1.807, 2.05) is 32.6 Å². The van der Waals surface area contributed by atoms with Gasteiger partial charge in [0.2, 0.25) is 5.91 Å². The number of nitrogens with zero attached hydrogens (tertiary/aromatic N) is 1. The number of amides is 1. The van der Waals surface area contributed by atoms with Gasteiger partial charge in [-0.1, -0.05) is 13.8 Å². The molecule has 1 heterocycles. The molecule has 15 heavy (non-hydrogen) atoms. The molecule has 1 saturated heterocycles. The first-order valence-corrected chi connectivity index (χ1v) is 5.61. The van der Waals surface area contributed by atoms with Crippen molar-refractivity contribution >= 4 is 5.91 Å². The van der Waals surface area contributed by atoms with Gasteiger partial charge in [0, 0.05) is 6.54 Å². The van der Waals surface area contributed by atoms with Gasteiger partial charge in [0.25, 0.3) is 0 Å². The first-order chi connectivity index (χ1) is 6.93. The van der Waals surface area contributed by atoms with E-state index < -0.39 is 6.04 Å². The molecule has 0 aliphatic carbocycles. The number of carbonyl (C=O) groups excluding carboxylic acids is 1. The summed E-state index contributed by atoms with van der Waals surface area (Å²) in [4.78, 5) is 13.9. The molecule has 3 atom stereocenters. The summed E-state index contributed by atoms with van der Waals surface area (Å²) in [7, 11) is 0. The van der Waals surface area contributed by atoms with Gasteiger partial charge in [-0.05, 0) is 19.8 Å². The van der Waals surface area contributed by atoms with Gasteiger partial charge in [0.05, 0.1) is 24.8 Å². The van der Waals surface area contributed by atoms with Crippen molar-refractivity contribution in [3.05, 3.63) is 0 Å². The molecule has 1 aliphatic heterocycles. The largest absolute Gasteiger partial charge is 0.375 e. The number of nitrogens with two attached hydrogens (primary N) is 1. The van der Waals surface area contributed by atoms with Crippen molar-refractivity contribution < 1.29 is 9.53 Å². The van der Waals surface area contributed by atoms with Crippen molar-refractivity contribution in [2.75, 3.05) is 13.2 Å². The second kappa shape index (κ2) is 4.94. The lowest BCUT2D eigenvalue weighted by molar-refractivity contribution is -0.145. The average Bonchev–Trinajstić information content (AvgIpc) is 2.19. The maximum Gasteiger partial charge on any atom is 0.240 e. The number of ether oxygens (including phenoxy) is 1. The normalized spacial score (nSPS) is 29.3. The van der Waals surface area contributed by atoms with Crippen LogP contribution in [0.2, 0.25) is 0 Å². The molecule has 0 aromatic rings. The molecule has 0 saturated carbocycles. The Labute approximate surface area is 91.8 Å². The fraction of sp³-hybridized carbons (Fsp3) is 0.909. The predicted octanol–water partition coefficient (Wildman–Crippen LogP) is 0.605. The molecule has 0 aromatic carbocycles. The predicted molar refractivity (Wildman–Crippen MR) is 59.4 cm³/mol. The Morgan fingerprint density at radius 3 is 2.60 bits per heavy atom. The smallest absolute Gasteiger partial charge is 0.240 e. The summed E-state index contributed by atoms with van der Waals surface area (Å²) in [6.45, 7) is 9.18. The summed E-state index contributed by atoms with van der Waals surface area (Å²) in [5, 5.41) is 0. The van der Waals surface area contributed by atoms with E-state index in [0.29, 0.717) is 13.2 Å². The van der Waals surface area contributed by atoms with Crippen molar-refractivity contribution in [2.45, 2.75) is 45.9 Å². The highest BCUT2D eigenvalue weighted by atomic mass is 16.5. The summed E-state index contributed by atoms with van der Waals surface area (Å²) < 4.78 is 5.48. The van der Waals surface area contributed by atoms with Crippen LogP contribution in [0.3, 0.4) is 0 Å². The topological polar surface area (TPSA) is 55.6 Å². The van der Waals surface area contributed by atoms with Crippen LogP contribution in [0.15, 0.2) is 0 Å². The maximum atomic E-state index is 12.0. The van der Waals surface area contributed by atoms with E-state index in [0.717, 1.165) is 0 Å². The highest BCUT2D eigenvalue weighted by Gasteiger charge is 2.31. The molecule has 0 spiro atoms. The van der Waals surface area contributed by atoms with E-state index in [-0.39, 0.29) is 24.0 Å². The Bertz CT molecular complexity index is 231. The molecule has 0 radical (unpaired) electrons. The van der Waals surface area contributed by atoms with Crippen molar-refractivity contribution in [1.82, 2.24) is 4.90 Å². The molecule has 2 unspecified atom stereocenters. The van der Waals surface area contributed by atoms with Crippen molar-refractivity contribution in [3.8, 4) is 0 Å². The monoisotopic (exact) mass is 214 g/mol. The summed E-state index contributed by atoms with van der Waals surface area (Å²) in [6, 6.07) is -0.253.